The minimum atomic E-state index is -0.277. The number of carbonyl (C=O) groups excluding carboxylic acids is 1. The van der Waals surface area contributed by atoms with E-state index in [2.05, 4.69) is 41.4 Å². The Kier molecular flexibility index (Phi) is 6.52. The predicted octanol–water partition coefficient (Wildman–Crippen LogP) is 3.48. The maximum absolute atomic E-state index is 12.4. The summed E-state index contributed by atoms with van der Waals surface area (Å²) in [5, 5.41) is 3.04. The van der Waals surface area contributed by atoms with Crippen LogP contribution in [0.2, 0.25) is 0 Å². The fourth-order valence-electron chi connectivity index (χ4n) is 4.35. The van der Waals surface area contributed by atoms with Gasteiger partial charge in [0.25, 0.3) is 5.91 Å². The SMILES string of the molecule is Cc1ccc(CN2CCOC[C@]3(CC[C@@H](CNC(=O)c4ccc(C)cc4)O3)C2)cc1. The lowest BCUT2D eigenvalue weighted by Crippen LogP contribution is -2.45. The lowest BCUT2D eigenvalue weighted by Gasteiger charge is -2.32. The highest BCUT2D eigenvalue weighted by Gasteiger charge is 2.43. The zero-order chi connectivity index (χ0) is 21.0. The van der Waals surface area contributed by atoms with E-state index in [1.165, 1.54) is 11.1 Å². The Balaban J connectivity index is 1.32. The van der Waals surface area contributed by atoms with Gasteiger partial charge in [0.15, 0.2) is 0 Å². The minimum Gasteiger partial charge on any atom is -0.377 e. The summed E-state index contributed by atoms with van der Waals surface area (Å²) < 4.78 is 12.4. The van der Waals surface area contributed by atoms with Gasteiger partial charge in [-0.1, -0.05) is 47.5 Å². The van der Waals surface area contributed by atoms with Crippen molar-refractivity contribution in [1.82, 2.24) is 10.2 Å². The van der Waals surface area contributed by atoms with Crippen LogP contribution in [0.5, 0.6) is 0 Å². The molecule has 2 aromatic rings. The number of aryl methyl sites for hydroxylation is 2. The molecule has 0 unspecified atom stereocenters. The van der Waals surface area contributed by atoms with Crippen LogP contribution in [0.4, 0.5) is 0 Å². The zero-order valence-electron chi connectivity index (χ0n) is 18.0. The molecule has 1 spiro atoms. The number of amides is 1. The normalized spacial score (nSPS) is 24.7. The van der Waals surface area contributed by atoms with Crippen LogP contribution >= 0.6 is 0 Å². The van der Waals surface area contributed by atoms with Gasteiger partial charge in [-0.2, -0.15) is 0 Å². The number of hydrogen-bond acceptors (Lipinski definition) is 4. The van der Waals surface area contributed by atoms with Crippen LogP contribution in [-0.4, -0.2) is 55.4 Å². The number of hydrogen-bond donors (Lipinski definition) is 1. The quantitative estimate of drug-likeness (QED) is 0.823. The van der Waals surface area contributed by atoms with Gasteiger partial charge in [0.1, 0.15) is 5.60 Å². The van der Waals surface area contributed by atoms with Crippen LogP contribution in [0, 0.1) is 13.8 Å². The number of rotatable bonds is 5. The van der Waals surface area contributed by atoms with E-state index in [1.54, 1.807) is 0 Å². The van der Waals surface area contributed by atoms with Crippen molar-refractivity contribution in [3.8, 4) is 0 Å². The molecule has 30 heavy (non-hydrogen) atoms. The molecule has 5 nitrogen and oxygen atoms in total. The third-order valence-corrected chi connectivity index (χ3v) is 6.10. The van der Waals surface area contributed by atoms with Gasteiger partial charge >= 0.3 is 0 Å². The Labute approximate surface area is 179 Å². The largest absolute Gasteiger partial charge is 0.377 e. The smallest absolute Gasteiger partial charge is 0.251 e. The summed E-state index contributed by atoms with van der Waals surface area (Å²) in [6.07, 6.45) is 1.93. The van der Waals surface area contributed by atoms with Crippen LogP contribution in [0.1, 0.15) is 39.9 Å². The Hall–Kier alpha value is -2.21. The average molecular weight is 409 g/mol. The van der Waals surface area contributed by atoms with Gasteiger partial charge in [-0.3, -0.25) is 9.69 Å². The molecule has 0 aromatic heterocycles. The molecule has 160 valence electrons. The van der Waals surface area contributed by atoms with Gasteiger partial charge in [0.2, 0.25) is 0 Å². The average Bonchev–Trinajstić information content (AvgIpc) is 3.03. The molecule has 2 atom stereocenters. The first-order chi connectivity index (χ1) is 14.5. The Morgan fingerprint density at radius 2 is 1.80 bits per heavy atom. The molecule has 2 fully saturated rings. The van der Waals surface area contributed by atoms with E-state index < -0.39 is 0 Å². The highest BCUT2D eigenvalue weighted by Crippen LogP contribution is 2.33. The summed E-state index contributed by atoms with van der Waals surface area (Å²) in [7, 11) is 0. The summed E-state index contributed by atoms with van der Waals surface area (Å²) in [5.74, 6) is -0.0438. The Morgan fingerprint density at radius 1 is 1.10 bits per heavy atom. The molecular weight excluding hydrogens is 376 g/mol. The van der Waals surface area contributed by atoms with Crippen molar-refractivity contribution in [1.29, 1.82) is 0 Å². The maximum atomic E-state index is 12.4. The molecule has 2 aliphatic rings. The molecule has 2 aromatic carbocycles. The monoisotopic (exact) mass is 408 g/mol. The molecule has 5 heteroatoms. The number of nitrogens with one attached hydrogen (secondary N) is 1. The highest BCUT2D eigenvalue weighted by atomic mass is 16.6. The van der Waals surface area contributed by atoms with E-state index in [1.807, 2.05) is 31.2 Å². The maximum Gasteiger partial charge on any atom is 0.251 e. The summed E-state index contributed by atoms with van der Waals surface area (Å²) in [4.78, 5) is 14.9. The van der Waals surface area contributed by atoms with Crippen molar-refractivity contribution >= 4 is 5.91 Å². The molecule has 2 aliphatic heterocycles. The van der Waals surface area contributed by atoms with Gasteiger partial charge < -0.3 is 14.8 Å². The van der Waals surface area contributed by atoms with Crippen molar-refractivity contribution in [2.45, 2.75) is 44.9 Å². The summed E-state index contributed by atoms with van der Waals surface area (Å²) in [6, 6.07) is 16.4. The second kappa shape index (κ2) is 9.29. The van der Waals surface area contributed by atoms with E-state index in [4.69, 9.17) is 9.47 Å². The van der Waals surface area contributed by atoms with Crippen LogP contribution in [-0.2, 0) is 16.0 Å². The van der Waals surface area contributed by atoms with Crippen LogP contribution in [0.25, 0.3) is 0 Å². The highest BCUT2D eigenvalue weighted by molar-refractivity contribution is 5.94. The lowest BCUT2D eigenvalue weighted by molar-refractivity contribution is -0.0849. The molecule has 4 rings (SSSR count). The topological polar surface area (TPSA) is 50.8 Å². The predicted molar refractivity (Wildman–Crippen MR) is 118 cm³/mol. The van der Waals surface area contributed by atoms with Gasteiger partial charge in [-0.25, -0.2) is 0 Å². The molecule has 2 heterocycles. The third-order valence-electron chi connectivity index (χ3n) is 6.10. The van der Waals surface area contributed by atoms with Gasteiger partial charge in [-0.15, -0.1) is 0 Å². The minimum absolute atomic E-state index is 0.0299. The fourth-order valence-corrected chi connectivity index (χ4v) is 4.35. The lowest BCUT2D eigenvalue weighted by atomic mass is 9.99. The van der Waals surface area contributed by atoms with Gasteiger partial charge in [0, 0.05) is 31.7 Å². The summed E-state index contributed by atoms with van der Waals surface area (Å²) >= 11 is 0. The van der Waals surface area contributed by atoms with E-state index >= 15 is 0 Å². The molecule has 1 N–H and O–H groups in total. The zero-order valence-corrected chi connectivity index (χ0v) is 18.0. The number of benzene rings is 2. The first-order valence-electron chi connectivity index (χ1n) is 10.9. The molecule has 0 saturated carbocycles. The van der Waals surface area contributed by atoms with E-state index in [0.717, 1.165) is 44.6 Å². The van der Waals surface area contributed by atoms with E-state index in [9.17, 15) is 4.79 Å². The van der Waals surface area contributed by atoms with Crippen LogP contribution in [0.3, 0.4) is 0 Å². The van der Waals surface area contributed by atoms with Crippen molar-refractivity contribution in [3.05, 3.63) is 70.8 Å². The van der Waals surface area contributed by atoms with E-state index in [0.29, 0.717) is 18.7 Å². The third kappa shape index (κ3) is 5.28. The summed E-state index contributed by atoms with van der Waals surface area (Å²) in [5.41, 5.74) is 4.16. The standard InChI is InChI=1S/C25H32N2O3/c1-19-3-7-21(8-4-19)16-27-13-14-29-18-25(17-27)12-11-23(30-25)15-26-24(28)22-9-5-20(2)6-10-22/h3-10,23H,11-18H2,1-2H3,(H,26,28)/t23-,25-/m0/s1. The molecule has 0 bridgehead atoms. The van der Waals surface area contributed by atoms with Crippen molar-refractivity contribution in [2.24, 2.45) is 0 Å². The number of ether oxygens (including phenoxy) is 2. The van der Waals surface area contributed by atoms with Gasteiger partial charge in [-0.05, 0) is 44.4 Å². The Bertz CT molecular complexity index is 850. The van der Waals surface area contributed by atoms with E-state index in [-0.39, 0.29) is 17.6 Å². The van der Waals surface area contributed by atoms with Crippen LogP contribution < -0.4 is 5.32 Å². The molecule has 1 amide bonds. The van der Waals surface area contributed by atoms with Crippen LogP contribution in [0.15, 0.2) is 48.5 Å². The number of carbonyl (C=O) groups is 1. The van der Waals surface area contributed by atoms with Crippen molar-refractivity contribution < 1.29 is 14.3 Å². The second-order valence-corrected chi connectivity index (χ2v) is 8.79. The summed E-state index contributed by atoms with van der Waals surface area (Å²) in [6.45, 7) is 8.70. The van der Waals surface area contributed by atoms with Gasteiger partial charge in [0.05, 0.1) is 19.3 Å². The fraction of sp³-hybridized carbons (Fsp3) is 0.480. The second-order valence-electron chi connectivity index (χ2n) is 8.79. The van der Waals surface area contributed by atoms with Crippen molar-refractivity contribution in [3.63, 3.8) is 0 Å². The first-order valence-corrected chi connectivity index (χ1v) is 10.9. The molecule has 0 radical (unpaired) electrons. The molecule has 2 saturated heterocycles. The molecular formula is C25H32N2O3. The number of nitrogens with zero attached hydrogens (tertiary/aromatic N) is 1. The van der Waals surface area contributed by atoms with Crippen molar-refractivity contribution in [2.75, 3.05) is 32.8 Å². The first kappa shape index (κ1) is 21.0. The Morgan fingerprint density at radius 3 is 2.53 bits per heavy atom. The molecule has 0 aliphatic carbocycles.